The van der Waals surface area contributed by atoms with Crippen LogP contribution in [0.4, 0.5) is 0 Å². The van der Waals surface area contributed by atoms with E-state index in [1.165, 1.54) is 38.2 Å². The van der Waals surface area contributed by atoms with Crippen molar-refractivity contribution in [2.45, 2.75) is 44.0 Å². The third-order valence-corrected chi connectivity index (χ3v) is 6.27. The van der Waals surface area contributed by atoms with Crippen LogP contribution in [0.2, 0.25) is 0 Å². The van der Waals surface area contributed by atoms with Crippen molar-refractivity contribution in [2.24, 2.45) is 0 Å². The van der Waals surface area contributed by atoms with E-state index in [-0.39, 0.29) is 29.2 Å². The molecule has 1 aromatic carbocycles. The number of hydrogen-bond acceptors (Lipinski definition) is 4. The molecule has 1 aliphatic rings. The van der Waals surface area contributed by atoms with Gasteiger partial charge < -0.3 is 4.90 Å². The van der Waals surface area contributed by atoms with Crippen molar-refractivity contribution in [3.05, 3.63) is 29.8 Å². The number of sulfonamides is 1. The number of benzene rings is 1. The van der Waals surface area contributed by atoms with Crippen LogP contribution in [0.5, 0.6) is 0 Å². The smallest absolute Gasteiger partial charge is 0.243 e. The Bertz CT molecular complexity index is 713. The van der Waals surface area contributed by atoms with Crippen LogP contribution in [0.3, 0.4) is 0 Å². The second-order valence-electron chi connectivity index (χ2n) is 6.27. The van der Waals surface area contributed by atoms with Crippen LogP contribution in [0, 0.1) is 0 Å². The molecule has 0 saturated carbocycles. The number of carbonyl (C=O) groups is 2. The molecule has 0 radical (unpaired) electrons. The molecule has 1 atom stereocenters. The molecule has 1 amide bonds. The lowest BCUT2D eigenvalue weighted by molar-refractivity contribution is -0.134. The minimum Gasteiger partial charge on any atom is -0.339 e. The number of likely N-dealkylation sites (N-methyl/N-ethyl adjacent to an activating group) is 1. The van der Waals surface area contributed by atoms with Gasteiger partial charge in [-0.25, -0.2) is 8.42 Å². The van der Waals surface area contributed by atoms with Crippen molar-refractivity contribution < 1.29 is 18.0 Å². The van der Waals surface area contributed by atoms with Crippen LogP contribution in [-0.4, -0.2) is 55.5 Å². The molecule has 1 fully saturated rings. The Hall–Kier alpha value is -1.73. The molecule has 2 rings (SSSR count). The number of nitrogens with zero attached hydrogens (tertiary/aromatic N) is 2. The van der Waals surface area contributed by atoms with Crippen molar-refractivity contribution in [3.8, 4) is 0 Å². The maximum absolute atomic E-state index is 12.6. The average molecular weight is 352 g/mol. The predicted molar refractivity (Wildman–Crippen MR) is 91.3 cm³/mol. The summed E-state index contributed by atoms with van der Waals surface area (Å²) in [6.45, 7) is 3.92. The molecule has 7 heteroatoms. The van der Waals surface area contributed by atoms with Gasteiger partial charge in [0, 0.05) is 25.2 Å². The van der Waals surface area contributed by atoms with Gasteiger partial charge in [-0.05, 0) is 45.2 Å². The number of amides is 1. The Balaban J connectivity index is 2.10. The van der Waals surface area contributed by atoms with Crippen LogP contribution in [0.15, 0.2) is 29.2 Å². The summed E-state index contributed by atoms with van der Waals surface area (Å²) in [6, 6.07) is 5.92. The van der Waals surface area contributed by atoms with E-state index >= 15 is 0 Å². The van der Waals surface area contributed by atoms with Crippen molar-refractivity contribution >= 4 is 21.7 Å². The number of rotatable bonds is 5. The molecule has 0 N–H and O–H groups in total. The van der Waals surface area contributed by atoms with E-state index < -0.39 is 10.0 Å². The van der Waals surface area contributed by atoms with E-state index in [4.69, 9.17) is 0 Å². The van der Waals surface area contributed by atoms with Crippen molar-refractivity contribution in [3.63, 3.8) is 0 Å². The molecular weight excluding hydrogens is 328 g/mol. The van der Waals surface area contributed by atoms with Gasteiger partial charge >= 0.3 is 0 Å². The fourth-order valence-electron chi connectivity index (χ4n) is 2.88. The van der Waals surface area contributed by atoms with Crippen molar-refractivity contribution in [1.82, 2.24) is 9.21 Å². The van der Waals surface area contributed by atoms with Crippen LogP contribution >= 0.6 is 0 Å². The zero-order valence-corrected chi connectivity index (χ0v) is 15.2. The minimum absolute atomic E-state index is 0.0782. The van der Waals surface area contributed by atoms with Gasteiger partial charge in [-0.2, -0.15) is 4.31 Å². The van der Waals surface area contributed by atoms with Crippen molar-refractivity contribution in [2.75, 3.05) is 20.1 Å². The molecule has 132 valence electrons. The maximum Gasteiger partial charge on any atom is 0.243 e. The van der Waals surface area contributed by atoms with E-state index in [1.54, 1.807) is 4.90 Å². The molecule has 0 aromatic heterocycles. The summed E-state index contributed by atoms with van der Waals surface area (Å²) in [6.07, 6.45) is 3.01. The summed E-state index contributed by atoms with van der Waals surface area (Å²) in [5.41, 5.74) is 0.454. The third-order valence-electron chi connectivity index (χ3n) is 4.45. The Labute approximate surface area is 143 Å². The highest BCUT2D eigenvalue weighted by atomic mass is 32.2. The quantitative estimate of drug-likeness (QED) is 0.759. The van der Waals surface area contributed by atoms with Gasteiger partial charge in [-0.15, -0.1) is 0 Å². The number of hydrogen-bond donors (Lipinski definition) is 0. The lowest BCUT2D eigenvalue weighted by Crippen LogP contribution is -2.47. The summed E-state index contributed by atoms with van der Waals surface area (Å²) >= 11 is 0. The SMILES string of the molecule is CC(=O)c1ccc(S(=O)(=O)N(C)CC(=O)N2CCCC[C@@H]2C)cc1. The lowest BCUT2D eigenvalue weighted by Gasteiger charge is -2.34. The summed E-state index contributed by atoms with van der Waals surface area (Å²) in [5, 5.41) is 0. The summed E-state index contributed by atoms with van der Waals surface area (Å²) < 4.78 is 26.2. The minimum atomic E-state index is -3.76. The number of likely N-dealkylation sites (tertiary alicyclic amines) is 1. The largest absolute Gasteiger partial charge is 0.339 e. The van der Waals surface area contributed by atoms with Crippen LogP contribution in [-0.2, 0) is 14.8 Å². The lowest BCUT2D eigenvalue weighted by atomic mass is 10.0. The first kappa shape index (κ1) is 18.6. The van der Waals surface area contributed by atoms with Crippen LogP contribution in [0.25, 0.3) is 0 Å². The van der Waals surface area contributed by atoms with Gasteiger partial charge in [0.15, 0.2) is 5.78 Å². The van der Waals surface area contributed by atoms with Gasteiger partial charge in [-0.3, -0.25) is 9.59 Å². The van der Waals surface area contributed by atoms with Gasteiger partial charge in [0.1, 0.15) is 0 Å². The second kappa shape index (κ2) is 7.44. The Morgan fingerprint density at radius 3 is 2.38 bits per heavy atom. The predicted octanol–water partition coefficient (Wildman–Crippen LogP) is 1.91. The number of ketones is 1. The molecule has 0 bridgehead atoms. The van der Waals surface area contributed by atoms with Crippen molar-refractivity contribution in [1.29, 1.82) is 0 Å². The molecule has 6 nitrogen and oxygen atoms in total. The topological polar surface area (TPSA) is 74.8 Å². The third kappa shape index (κ3) is 4.02. The molecule has 1 saturated heterocycles. The molecule has 1 aliphatic heterocycles. The Kier molecular flexibility index (Phi) is 5.77. The fourth-order valence-corrected chi connectivity index (χ4v) is 4.00. The molecule has 0 unspecified atom stereocenters. The van der Waals surface area contributed by atoms with E-state index in [2.05, 4.69) is 0 Å². The van der Waals surface area contributed by atoms with E-state index in [0.717, 1.165) is 23.6 Å². The zero-order valence-electron chi connectivity index (χ0n) is 14.4. The molecule has 0 aliphatic carbocycles. The molecular formula is C17H24N2O4S. The van der Waals surface area contributed by atoms with Crippen LogP contribution < -0.4 is 0 Å². The highest BCUT2D eigenvalue weighted by molar-refractivity contribution is 7.89. The highest BCUT2D eigenvalue weighted by Crippen LogP contribution is 2.19. The Morgan fingerprint density at radius 2 is 1.83 bits per heavy atom. The van der Waals surface area contributed by atoms with E-state index in [9.17, 15) is 18.0 Å². The Morgan fingerprint density at radius 1 is 1.21 bits per heavy atom. The van der Waals surface area contributed by atoms with Crippen LogP contribution in [0.1, 0.15) is 43.5 Å². The zero-order chi connectivity index (χ0) is 17.9. The number of piperidine rings is 1. The van der Waals surface area contributed by atoms with E-state index in [1.807, 2.05) is 6.92 Å². The summed E-state index contributed by atoms with van der Waals surface area (Å²) in [4.78, 5) is 25.5. The molecule has 0 spiro atoms. The first-order chi connectivity index (χ1) is 11.2. The summed E-state index contributed by atoms with van der Waals surface area (Å²) in [7, 11) is -2.35. The monoisotopic (exact) mass is 352 g/mol. The normalized spacial score (nSPS) is 18.7. The maximum atomic E-state index is 12.6. The number of Topliss-reactive ketones (excluding diaryl/α,β-unsaturated/α-hetero) is 1. The molecule has 1 heterocycles. The molecule has 1 aromatic rings. The van der Waals surface area contributed by atoms with Gasteiger partial charge in [0.05, 0.1) is 11.4 Å². The second-order valence-corrected chi connectivity index (χ2v) is 8.32. The first-order valence-corrected chi connectivity index (χ1v) is 9.54. The number of carbonyl (C=O) groups excluding carboxylic acids is 2. The first-order valence-electron chi connectivity index (χ1n) is 8.10. The molecule has 24 heavy (non-hydrogen) atoms. The van der Waals surface area contributed by atoms with E-state index in [0.29, 0.717) is 12.1 Å². The summed E-state index contributed by atoms with van der Waals surface area (Å²) in [5.74, 6) is -0.296. The average Bonchev–Trinajstić information content (AvgIpc) is 2.55. The standard InChI is InChI=1S/C17H24N2O4S/c1-13-6-4-5-11-19(13)17(21)12-18(3)24(22,23)16-9-7-15(8-10-16)14(2)20/h7-10,13H,4-6,11-12H2,1-3H3/t13-/m0/s1. The van der Waals surface area contributed by atoms with Gasteiger partial charge in [0.2, 0.25) is 15.9 Å². The highest BCUT2D eigenvalue weighted by Gasteiger charge is 2.28. The van der Waals surface area contributed by atoms with Gasteiger partial charge in [-0.1, -0.05) is 12.1 Å². The van der Waals surface area contributed by atoms with Gasteiger partial charge in [0.25, 0.3) is 0 Å². The fraction of sp³-hybridized carbons (Fsp3) is 0.529.